The molecule has 0 radical (unpaired) electrons. The average molecular weight is 214 g/mol. The van der Waals surface area contributed by atoms with Crippen molar-refractivity contribution in [2.45, 2.75) is 6.92 Å². The van der Waals surface area contributed by atoms with Gasteiger partial charge in [-0.25, -0.2) is 0 Å². The van der Waals surface area contributed by atoms with E-state index in [9.17, 15) is 0 Å². The minimum absolute atomic E-state index is 0.139. The second-order valence-corrected chi connectivity index (χ2v) is 3.25. The fourth-order valence-electron chi connectivity index (χ4n) is 0.910. The van der Waals surface area contributed by atoms with E-state index < -0.39 is 0 Å². The SMILES string of the molecule is Cc1ccc(Cl)c(OC/C(N)=N/N)c1. The van der Waals surface area contributed by atoms with Gasteiger partial charge in [-0.15, -0.1) is 0 Å². The van der Waals surface area contributed by atoms with Crippen molar-refractivity contribution >= 4 is 17.4 Å². The minimum atomic E-state index is 0.139. The Morgan fingerprint density at radius 3 is 2.93 bits per heavy atom. The van der Waals surface area contributed by atoms with Gasteiger partial charge < -0.3 is 16.3 Å². The first-order chi connectivity index (χ1) is 6.63. The number of hydrogen-bond acceptors (Lipinski definition) is 3. The van der Waals surface area contributed by atoms with Crippen molar-refractivity contribution in [2.24, 2.45) is 16.7 Å². The van der Waals surface area contributed by atoms with Crippen LogP contribution in [0.4, 0.5) is 0 Å². The molecule has 0 heterocycles. The molecule has 0 amide bonds. The normalized spacial score (nSPS) is 11.4. The Morgan fingerprint density at radius 1 is 1.57 bits per heavy atom. The highest BCUT2D eigenvalue weighted by Gasteiger charge is 2.02. The van der Waals surface area contributed by atoms with Crippen molar-refractivity contribution in [3.05, 3.63) is 28.8 Å². The maximum Gasteiger partial charge on any atom is 0.157 e. The summed E-state index contributed by atoms with van der Waals surface area (Å²) in [5.41, 5.74) is 6.43. The van der Waals surface area contributed by atoms with Crippen molar-refractivity contribution in [3.63, 3.8) is 0 Å². The van der Waals surface area contributed by atoms with Crippen LogP contribution in [0.25, 0.3) is 0 Å². The highest BCUT2D eigenvalue weighted by molar-refractivity contribution is 6.32. The lowest BCUT2D eigenvalue weighted by Crippen LogP contribution is -2.22. The molecule has 0 saturated heterocycles. The van der Waals surface area contributed by atoms with Crippen LogP contribution in [-0.4, -0.2) is 12.4 Å². The zero-order valence-electron chi connectivity index (χ0n) is 7.83. The summed E-state index contributed by atoms with van der Waals surface area (Å²) < 4.78 is 5.30. The van der Waals surface area contributed by atoms with E-state index in [0.29, 0.717) is 10.8 Å². The molecule has 4 N–H and O–H groups in total. The standard InChI is InChI=1S/C9H12ClN3O/c1-6-2-3-7(10)8(4-6)14-5-9(11)13-12/h2-4H,5,12H2,1H3,(H2,11,13). The number of nitrogens with two attached hydrogens (primary N) is 2. The van der Waals surface area contributed by atoms with E-state index in [1.54, 1.807) is 6.07 Å². The van der Waals surface area contributed by atoms with Gasteiger partial charge in [-0.3, -0.25) is 0 Å². The number of hydrogen-bond donors (Lipinski definition) is 2. The molecule has 5 heteroatoms. The molecule has 1 aromatic carbocycles. The summed E-state index contributed by atoms with van der Waals surface area (Å²) in [7, 11) is 0. The minimum Gasteiger partial charge on any atom is -0.484 e. The lowest BCUT2D eigenvalue weighted by atomic mass is 10.2. The molecule has 14 heavy (non-hydrogen) atoms. The Labute approximate surface area is 87.5 Å². The van der Waals surface area contributed by atoms with Gasteiger partial charge in [0.2, 0.25) is 0 Å². The highest BCUT2D eigenvalue weighted by atomic mass is 35.5. The zero-order valence-corrected chi connectivity index (χ0v) is 8.58. The third-order valence-electron chi connectivity index (χ3n) is 1.63. The first-order valence-electron chi connectivity index (χ1n) is 4.04. The summed E-state index contributed by atoms with van der Waals surface area (Å²) in [6.45, 7) is 2.09. The van der Waals surface area contributed by atoms with Gasteiger partial charge in [0, 0.05) is 0 Å². The lowest BCUT2D eigenvalue weighted by molar-refractivity contribution is 0.375. The zero-order chi connectivity index (χ0) is 10.6. The lowest BCUT2D eigenvalue weighted by Gasteiger charge is -2.07. The van der Waals surface area contributed by atoms with E-state index in [0.717, 1.165) is 5.56 Å². The van der Waals surface area contributed by atoms with Gasteiger partial charge in [0.15, 0.2) is 5.84 Å². The van der Waals surface area contributed by atoms with Gasteiger partial charge in [-0.05, 0) is 24.6 Å². The quantitative estimate of drug-likeness (QED) is 0.344. The summed E-state index contributed by atoms with van der Waals surface area (Å²) in [4.78, 5) is 0. The summed E-state index contributed by atoms with van der Waals surface area (Å²) in [5.74, 6) is 5.76. The number of nitrogens with zero attached hydrogens (tertiary/aromatic N) is 1. The number of aryl methyl sites for hydroxylation is 1. The molecule has 0 aromatic heterocycles. The Balaban J connectivity index is 2.71. The highest BCUT2D eigenvalue weighted by Crippen LogP contribution is 2.24. The molecule has 0 bridgehead atoms. The largest absolute Gasteiger partial charge is 0.484 e. The number of halogens is 1. The third kappa shape index (κ3) is 2.81. The van der Waals surface area contributed by atoms with Gasteiger partial charge in [0.05, 0.1) is 5.02 Å². The Kier molecular flexibility index (Phi) is 3.59. The molecule has 0 atom stereocenters. The summed E-state index contributed by atoms with van der Waals surface area (Å²) in [6, 6.07) is 5.49. The maximum atomic E-state index is 5.89. The second-order valence-electron chi connectivity index (χ2n) is 2.84. The Bertz CT molecular complexity index is 352. The van der Waals surface area contributed by atoms with Crippen LogP contribution in [0, 0.1) is 6.92 Å². The predicted molar refractivity (Wildman–Crippen MR) is 57.5 cm³/mol. The molecule has 0 aliphatic rings. The maximum absolute atomic E-state index is 5.89. The second kappa shape index (κ2) is 4.72. The number of amidine groups is 1. The summed E-state index contributed by atoms with van der Waals surface area (Å²) in [5, 5.41) is 3.82. The first kappa shape index (κ1) is 10.7. The monoisotopic (exact) mass is 213 g/mol. The van der Waals surface area contributed by atoms with Crippen molar-refractivity contribution in [2.75, 3.05) is 6.61 Å². The van der Waals surface area contributed by atoms with E-state index in [2.05, 4.69) is 5.10 Å². The van der Waals surface area contributed by atoms with Crippen LogP contribution in [0.1, 0.15) is 5.56 Å². The molecule has 0 aliphatic heterocycles. The van der Waals surface area contributed by atoms with Gasteiger partial charge >= 0.3 is 0 Å². The van der Waals surface area contributed by atoms with Crippen molar-refractivity contribution < 1.29 is 4.74 Å². The van der Waals surface area contributed by atoms with E-state index >= 15 is 0 Å². The van der Waals surface area contributed by atoms with E-state index in [4.69, 9.17) is 27.9 Å². The van der Waals surface area contributed by atoms with Crippen LogP contribution in [0.15, 0.2) is 23.3 Å². The molecular formula is C9H12ClN3O. The van der Waals surface area contributed by atoms with Crippen LogP contribution in [0.2, 0.25) is 5.02 Å². The average Bonchev–Trinajstić information content (AvgIpc) is 2.19. The first-order valence-corrected chi connectivity index (χ1v) is 4.42. The van der Waals surface area contributed by atoms with Crippen molar-refractivity contribution in [1.29, 1.82) is 0 Å². The van der Waals surface area contributed by atoms with Crippen LogP contribution >= 0.6 is 11.6 Å². The van der Waals surface area contributed by atoms with Crippen LogP contribution in [-0.2, 0) is 0 Å². The fraction of sp³-hybridized carbons (Fsp3) is 0.222. The van der Waals surface area contributed by atoms with Crippen LogP contribution in [0.5, 0.6) is 5.75 Å². The van der Waals surface area contributed by atoms with E-state index in [-0.39, 0.29) is 12.4 Å². The smallest absolute Gasteiger partial charge is 0.157 e. The molecule has 76 valence electrons. The third-order valence-corrected chi connectivity index (χ3v) is 1.94. The molecule has 1 aromatic rings. The molecule has 0 spiro atoms. The van der Waals surface area contributed by atoms with Gasteiger partial charge in [-0.1, -0.05) is 17.7 Å². The molecule has 0 fully saturated rings. The topological polar surface area (TPSA) is 73.6 Å². The molecular weight excluding hydrogens is 202 g/mol. The Morgan fingerprint density at radius 2 is 2.29 bits per heavy atom. The van der Waals surface area contributed by atoms with E-state index in [1.165, 1.54) is 0 Å². The van der Waals surface area contributed by atoms with Crippen molar-refractivity contribution in [1.82, 2.24) is 0 Å². The van der Waals surface area contributed by atoms with Crippen LogP contribution < -0.4 is 16.3 Å². The Hall–Kier alpha value is -1.42. The van der Waals surface area contributed by atoms with Gasteiger partial charge in [0.25, 0.3) is 0 Å². The van der Waals surface area contributed by atoms with Crippen LogP contribution in [0.3, 0.4) is 0 Å². The number of rotatable bonds is 3. The summed E-state index contributed by atoms with van der Waals surface area (Å²) >= 11 is 5.89. The molecule has 0 saturated carbocycles. The molecule has 0 aliphatic carbocycles. The molecule has 4 nitrogen and oxygen atoms in total. The van der Waals surface area contributed by atoms with Gasteiger partial charge in [0.1, 0.15) is 12.4 Å². The van der Waals surface area contributed by atoms with E-state index in [1.807, 2.05) is 19.1 Å². The number of hydrazone groups is 1. The fourth-order valence-corrected chi connectivity index (χ4v) is 1.08. The summed E-state index contributed by atoms with van der Waals surface area (Å²) in [6.07, 6.45) is 0. The van der Waals surface area contributed by atoms with Crippen molar-refractivity contribution in [3.8, 4) is 5.75 Å². The predicted octanol–water partition coefficient (Wildman–Crippen LogP) is 1.26. The van der Waals surface area contributed by atoms with Gasteiger partial charge in [-0.2, -0.15) is 5.10 Å². The number of ether oxygens (including phenoxy) is 1. The molecule has 0 unspecified atom stereocenters. The molecule has 1 rings (SSSR count). The number of benzene rings is 1.